The van der Waals surface area contributed by atoms with Gasteiger partial charge in [0.25, 0.3) is 0 Å². The van der Waals surface area contributed by atoms with Crippen LogP contribution in [0.25, 0.3) is 0 Å². The van der Waals surface area contributed by atoms with Crippen molar-refractivity contribution in [2.75, 3.05) is 12.4 Å². The van der Waals surface area contributed by atoms with Crippen LogP contribution in [-0.2, 0) is 14.8 Å². The molecule has 146 valence electrons. The van der Waals surface area contributed by atoms with Gasteiger partial charge in [0.2, 0.25) is 15.9 Å². The number of anilines is 1. The number of carbonyl (C=O) groups is 1. The molecule has 0 saturated carbocycles. The number of carbonyl (C=O) groups excluding carboxylic acids is 1. The summed E-state index contributed by atoms with van der Waals surface area (Å²) in [5.74, 6) is 0.237. The number of halogens is 1. The summed E-state index contributed by atoms with van der Waals surface area (Å²) in [6.07, 6.45) is 0.356. The molecule has 0 spiro atoms. The molecule has 27 heavy (non-hydrogen) atoms. The molecule has 1 atom stereocenters. The van der Waals surface area contributed by atoms with Crippen molar-refractivity contribution in [1.29, 1.82) is 0 Å². The Bertz CT molecular complexity index is 866. The molecule has 0 fully saturated rings. The van der Waals surface area contributed by atoms with Crippen LogP contribution in [0.3, 0.4) is 0 Å². The molecule has 0 aliphatic carbocycles. The maximum atomic E-state index is 12.7. The number of amides is 1. The van der Waals surface area contributed by atoms with Crippen LogP contribution >= 0.6 is 11.6 Å². The SMILES string of the molecule is COc1ccc(S(=O)(=O)N[C@@H](CC(C)C)C(=O)Nc2ccc(Cl)cc2)cc1. The molecule has 0 bridgehead atoms. The lowest BCUT2D eigenvalue weighted by Crippen LogP contribution is -2.44. The van der Waals surface area contributed by atoms with Crippen molar-refractivity contribution in [3.8, 4) is 5.75 Å². The first kappa shape index (κ1) is 21.2. The number of rotatable bonds is 8. The van der Waals surface area contributed by atoms with E-state index in [0.29, 0.717) is 22.9 Å². The van der Waals surface area contributed by atoms with Crippen LogP contribution in [0.1, 0.15) is 20.3 Å². The van der Waals surface area contributed by atoms with Crippen molar-refractivity contribution in [1.82, 2.24) is 4.72 Å². The second kappa shape index (κ2) is 9.21. The van der Waals surface area contributed by atoms with Gasteiger partial charge in [0.15, 0.2) is 0 Å². The summed E-state index contributed by atoms with van der Waals surface area (Å²) in [4.78, 5) is 12.7. The number of benzene rings is 2. The Balaban J connectivity index is 2.18. The van der Waals surface area contributed by atoms with Crippen LogP contribution in [0, 0.1) is 5.92 Å². The summed E-state index contributed by atoms with van der Waals surface area (Å²) in [7, 11) is -2.36. The van der Waals surface area contributed by atoms with E-state index in [4.69, 9.17) is 16.3 Å². The summed E-state index contributed by atoms with van der Waals surface area (Å²) in [5, 5.41) is 3.27. The average Bonchev–Trinajstić information content (AvgIpc) is 2.62. The van der Waals surface area contributed by atoms with Crippen LogP contribution in [-0.4, -0.2) is 27.5 Å². The molecule has 0 aliphatic heterocycles. The Morgan fingerprint density at radius 3 is 2.19 bits per heavy atom. The zero-order chi connectivity index (χ0) is 20.0. The Kier molecular flexibility index (Phi) is 7.24. The highest BCUT2D eigenvalue weighted by atomic mass is 35.5. The molecule has 0 heterocycles. The first-order chi connectivity index (χ1) is 12.7. The van der Waals surface area contributed by atoms with Crippen molar-refractivity contribution in [3.63, 3.8) is 0 Å². The molecule has 0 aliphatic rings. The quantitative estimate of drug-likeness (QED) is 0.695. The van der Waals surface area contributed by atoms with Crippen LogP contribution in [0.2, 0.25) is 5.02 Å². The topological polar surface area (TPSA) is 84.5 Å². The molecule has 2 aromatic rings. The molecule has 0 aromatic heterocycles. The lowest BCUT2D eigenvalue weighted by molar-refractivity contribution is -0.118. The largest absolute Gasteiger partial charge is 0.497 e. The molecular weight excluding hydrogens is 388 g/mol. The van der Waals surface area contributed by atoms with Gasteiger partial charge in [-0.25, -0.2) is 8.42 Å². The summed E-state index contributed by atoms with van der Waals surface area (Å²) >= 11 is 5.84. The zero-order valence-corrected chi connectivity index (χ0v) is 17.0. The van der Waals surface area contributed by atoms with Gasteiger partial charge in [-0.2, -0.15) is 4.72 Å². The highest BCUT2D eigenvalue weighted by Crippen LogP contribution is 2.18. The number of nitrogens with one attached hydrogen (secondary N) is 2. The smallest absolute Gasteiger partial charge is 0.242 e. The lowest BCUT2D eigenvalue weighted by Gasteiger charge is -2.20. The Morgan fingerprint density at radius 1 is 1.07 bits per heavy atom. The summed E-state index contributed by atoms with van der Waals surface area (Å²) in [6.45, 7) is 3.84. The molecule has 1 amide bonds. The maximum Gasteiger partial charge on any atom is 0.242 e. The molecule has 2 rings (SSSR count). The van der Waals surface area contributed by atoms with Crippen LogP contribution in [0.5, 0.6) is 5.75 Å². The minimum atomic E-state index is -3.86. The Hall–Kier alpha value is -2.09. The third-order valence-corrected chi connectivity index (χ3v) is 5.54. The minimum Gasteiger partial charge on any atom is -0.497 e. The van der Waals surface area contributed by atoms with E-state index in [1.165, 1.54) is 19.2 Å². The van der Waals surface area contributed by atoms with Crippen LogP contribution in [0.15, 0.2) is 53.4 Å². The summed E-state index contributed by atoms with van der Waals surface area (Å²) in [6, 6.07) is 11.7. The molecule has 6 nitrogen and oxygen atoms in total. The van der Waals surface area contributed by atoms with E-state index >= 15 is 0 Å². The molecular formula is C19H23ClN2O4S. The number of hydrogen-bond donors (Lipinski definition) is 2. The fourth-order valence-corrected chi connectivity index (χ4v) is 3.79. The first-order valence-electron chi connectivity index (χ1n) is 8.44. The molecule has 8 heteroatoms. The van der Waals surface area contributed by atoms with Crippen molar-refractivity contribution >= 4 is 33.2 Å². The van der Waals surface area contributed by atoms with Gasteiger partial charge in [0.05, 0.1) is 12.0 Å². The summed E-state index contributed by atoms with van der Waals surface area (Å²) < 4.78 is 32.9. The molecule has 2 aromatic carbocycles. The monoisotopic (exact) mass is 410 g/mol. The van der Waals surface area contributed by atoms with Gasteiger partial charge in [-0.15, -0.1) is 0 Å². The standard InChI is InChI=1S/C19H23ClN2O4S/c1-13(2)12-18(19(23)21-15-6-4-14(20)5-7-15)22-27(24,25)17-10-8-16(26-3)9-11-17/h4-11,13,18,22H,12H2,1-3H3,(H,21,23)/t18-/m0/s1. The van der Waals surface area contributed by atoms with Gasteiger partial charge in [-0.05, 0) is 60.9 Å². The summed E-state index contributed by atoms with van der Waals surface area (Å²) in [5.41, 5.74) is 0.543. The van der Waals surface area contributed by atoms with Crippen molar-refractivity contribution in [2.45, 2.75) is 31.2 Å². The number of methoxy groups -OCH3 is 1. The molecule has 0 unspecified atom stereocenters. The van der Waals surface area contributed by atoms with Gasteiger partial charge in [-0.3, -0.25) is 4.79 Å². The van der Waals surface area contributed by atoms with E-state index in [1.807, 2.05) is 13.8 Å². The number of hydrogen-bond acceptors (Lipinski definition) is 4. The van der Waals surface area contributed by atoms with E-state index in [2.05, 4.69) is 10.0 Å². The Morgan fingerprint density at radius 2 is 1.67 bits per heavy atom. The molecule has 0 radical (unpaired) electrons. The van der Waals surface area contributed by atoms with E-state index in [9.17, 15) is 13.2 Å². The zero-order valence-electron chi connectivity index (χ0n) is 15.4. The van der Waals surface area contributed by atoms with Crippen molar-refractivity contribution < 1.29 is 17.9 Å². The molecule has 2 N–H and O–H groups in total. The second-order valence-corrected chi connectivity index (χ2v) is 8.63. The minimum absolute atomic E-state index is 0.0661. The second-order valence-electron chi connectivity index (χ2n) is 6.48. The molecule has 0 saturated heterocycles. The van der Waals surface area contributed by atoms with Gasteiger partial charge in [0, 0.05) is 10.7 Å². The third kappa shape index (κ3) is 6.23. The van der Waals surface area contributed by atoms with Gasteiger partial charge in [-0.1, -0.05) is 25.4 Å². The van der Waals surface area contributed by atoms with Crippen LogP contribution < -0.4 is 14.8 Å². The predicted molar refractivity (Wildman–Crippen MR) is 107 cm³/mol. The normalized spacial score (nSPS) is 12.6. The van der Waals surface area contributed by atoms with E-state index in [1.54, 1.807) is 36.4 Å². The first-order valence-corrected chi connectivity index (χ1v) is 10.3. The fraction of sp³-hybridized carbons (Fsp3) is 0.316. The highest BCUT2D eigenvalue weighted by molar-refractivity contribution is 7.89. The van der Waals surface area contributed by atoms with Gasteiger partial charge >= 0.3 is 0 Å². The van der Waals surface area contributed by atoms with Gasteiger partial charge in [0.1, 0.15) is 11.8 Å². The van der Waals surface area contributed by atoms with Crippen LogP contribution in [0.4, 0.5) is 5.69 Å². The number of sulfonamides is 1. The lowest BCUT2D eigenvalue weighted by atomic mass is 10.0. The Labute approximate surface area is 164 Å². The van der Waals surface area contributed by atoms with Crippen molar-refractivity contribution in [3.05, 3.63) is 53.6 Å². The number of ether oxygens (including phenoxy) is 1. The fourth-order valence-electron chi connectivity index (χ4n) is 2.45. The predicted octanol–water partition coefficient (Wildman–Crippen LogP) is 3.68. The highest BCUT2D eigenvalue weighted by Gasteiger charge is 2.26. The van der Waals surface area contributed by atoms with E-state index in [-0.39, 0.29) is 10.8 Å². The van der Waals surface area contributed by atoms with Gasteiger partial charge < -0.3 is 10.1 Å². The van der Waals surface area contributed by atoms with E-state index < -0.39 is 22.0 Å². The third-order valence-electron chi connectivity index (χ3n) is 3.80. The van der Waals surface area contributed by atoms with E-state index in [0.717, 1.165) is 0 Å². The average molecular weight is 411 g/mol. The van der Waals surface area contributed by atoms with Crippen molar-refractivity contribution in [2.24, 2.45) is 5.92 Å². The maximum absolute atomic E-state index is 12.7.